The average Bonchev–Trinajstić information content (AvgIpc) is 2.72. The van der Waals surface area contributed by atoms with Gasteiger partial charge in [-0.25, -0.2) is 9.48 Å². The van der Waals surface area contributed by atoms with Gasteiger partial charge in [0.25, 0.3) is 0 Å². The maximum atomic E-state index is 11.6. The van der Waals surface area contributed by atoms with Crippen LogP contribution < -0.4 is 0 Å². The quantitative estimate of drug-likeness (QED) is 0.739. The highest BCUT2D eigenvalue weighted by Gasteiger charge is 2.23. The molecule has 94 valence electrons. The number of hydrogen-bond donors (Lipinski definition) is 0. The Labute approximate surface area is 99.9 Å². The minimum Gasteiger partial charge on any atom is -0.461 e. The minimum atomic E-state index is -0.400. The molecule has 1 aliphatic rings. The number of nitrogens with zero attached hydrogens (tertiary/aromatic N) is 3. The van der Waals surface area contributed by atoms with Crippen LogP contribution in [0.1, 0.15) is 42.0 Å². The fourth-order valence-electron chi connectivity index (χ4n) is 2.01. The van der Waals surface area contributed by atoms with Crippen molar-refractivity contribution in [2.24, 2.45) is 0 Å². The van der Waals surface area contributed by atoms with Crippen molar-refractivity contribution in [2.45, 2.75) is 32.7 Å². The third-order valence-electron chi connectivity index (χ3n) is 2.93. The van der Waals surface area contributed by atoms with Gasteiger partial charge in [-0.2, -0.15) is 0 Å². The summed E-state index contributed by atoms with van der Waals surface area (Å²) < 4.78 is 12.0. The van der Waals surface area contributed by atoms with Crippen molar-refractivity contribution in [3.05, 3.63) is 11.4 Å². The van der Waals surface area contributed by atoms with Crippen LogP contribution in [0, 0.1) is 6.92 Å². The lowest BCUT2D eigenvalue weighted by atomic mass is 10.1. The van der Waals surface area contributed by atoms with Crippen LogP contribution in [0.25, 0.3) is 0 Å². The molecule has 0 bridgehead atoms. The van der Waals surface area contributed by atoms with Gasteiger partial charge >= 0.3 is 5.97 Å². The zero-order chi connectivity index (χ0) is 12.3. The summed E-state index contributed by atoms with van der Waals surface area (Å²) in [6.45, 7) is 5.44. The third-order valence-corrected chi connectivity index (χ3v) is 2.93. The van der Waals surface area contributed by atoms with Crippen LogP contribution in [0.5, 0.6) is 0 Å². The van der Waals surface area contributed by atoms with E-state index in [-0.39, 0.29) is 6.04 Å². The molecule has 0 atom stereocenters. The van der Waals surface area contributed by atoms with Crippen molar-refractivity contribution in [1.29, 1.82) is 0 Å². The van der Waals surface area contributed by atoms with E-state index in [2.05, 4.69) is 10.3 Å². The van der Waals surface area contributed by atoms with Crippen molar-refractivity contribution in [1.82, 2.24) is 15.0 Å². The number of carbonyl (C=O) groups is 1. The van der Waals surface area contributed by atoms with Gasteiger partial charge in [0.2, 0.25) is 0 Å². The summed E-state index contributed by atoms with van der Waals surface area (Å²) in [5, 5.41) is 7.96. The Morgan fingerprint density at radius 2 is 2.24 bits per heavy atom. The summed E-state index contributed by atoms with van der Waals surface area (Å²) in [6.07, 6.45) is 1.82. The first kappa shape index (κ1) is 12.0. The maximum absolute atomic E-state index is 11.6. The molecular formula is C11H17N3O3. The van der Waals surface area contributed by atoms with Gasteiger partial charge in [0.1, 0.15) is 0 Å². The zero-order valence-electron chi connectivity index (χ0n) is 10.2. The molecule has 0 aromatic carbocycles. The van der Waals surface area contributed by atoms with Gasteiger partial charge in [0.15, 0.2) is 5.69 Å². The van der Waals surface area contributed by atoms with Crippen LogP contribution in [0.2, 0.25) is 0 Å². The van der Waals surface area contributed by atoms with Gasteiger partial charge in [-0.3, -0.25) is 0 Å². The van der Waals surface area contributed by atoms with Gasteiger partial charge in [0, 0.05) is 13.2 Å². The molecule has 0 unspecified atom stereocenters. The summed E-state index contributed by atoms with van der Waals surface area (Å²) >= 11 is 0. The van der Waals surface area contributed by atoms with Crippen molar-refractivity contribution in [3.8, 4) is 0 Å². The van der Waals surface area contributed by atoms with E-state index in [1.54, 1.807) is 6.92 Å². The van der Waals surface area contributed by atoms with E-state index in [1.165, 1.54) is 0 Å². The number of aromatic nitrogens is 3. The van der Waals surface area contributed by atoms with E-state index in [9.17, 15) is 4.79 Å². The molecule has 1 saturated heterocycles. The highest BCUT2D eigenvalue weighted by atomic mass is 16.5. The summed E-state index contributed by atoms with van der Waals surface area (Å²) in [5.41, 5.74) is 1.09. The summed E-state index contributed by atoms with van der Waals surface area (Å²) in [7, 11) is 0. The van der Waals surface area contributed by atoms with E-state index < -0.39 is 5.97 Å². The van der Waals surface area contributed by atoms with E-state index in [1.807, 2.05) is 11.6 Å². The molecule has 0 saturated carbocycles. The fourth-order valence-corrected chi connectivity index (χ4v) is 2.01. The Morgan fingerprint density at radius 1 is 1.53 bits per heavy atom. The smallest absolute Gasteiger partial charge is 0.360 e. The first-order chi connectivity index (χ1) is 8.24. The van der Waals surface area contributed by atoms with Gasteiger partial charge in [-0.1, -0.05) is 5.21 Å². The first-order valence-electron chi connectivity index (χ1n) is 5.90. The van der Waals surface area contributed by atoms with Crippen molar-refractivity contribution < 1.29 is 14.3 Å². The molecule has 1 aromatic heterocycles. The van der Waals surface area contributed by atoms with Crippen LogP contribution in [-0.2, 0) is 9.47 Å². The Hall–Kier alpha value is -1.43. The Balaban J connectivity index is 2.16. The molecule has 1 aliphatic heterocycles. The first-order valence-corrected chi connectivity index (χ1v) is 5.90. The second kappa shape index (κ2) is 5.27. The summed E-state index contributed by atoms with van der Waals surface area (Å²) in [5.74, 6) is -0.400. The topological polar surface area (TPSA) is 66.2 Å². The normalized spacial score (nSPS) is 17.1. The number of hydrogen-bond acceptors (Lipinski definition) is 5. The number of esters is 1. The van der Waals surface area contributed by atoms with Crippen molar-refractivity contribution >= 4 is 5.97 Å². The van der Waals surface area contributed by atoms with Gasteiger partial charge in [0.05, 0.1) is 18.3 Å². The molecule has 1 aromatic rings. The monoisotopic (exact) mass is 239 g/mol. The minimum absolute atomic E-state index is 0.277. The maximum Gasteiger partial charge on any atom is 0.360 e. The highest BCUT2D eigenvalue weighted by Crippen LogP contribution is 2.22. The van der Waals surface area contributed by atoms with Crippen molar-refractivity contribution in [2.75, 3.05) is 19.8 Å². The molecular weight excluding hydrogens is 222 g/mol. The molecule has 1 fully saturated rings. The van der Waals surface area contributed by atoms with E-state index in [0.717, 1.165) is 31.7 Å². The predicted molar refractivity (Wildman–Crippen MR) is 59.8 cm³/mol. The molecule has 6 heteroatoms. The Kier molecular flexibility index (Phi) is 3.73. The molecule has 0 spiro atoms. The third kappa shape index (κ3) is 2.46. The lowest BCUT2D eigenvalue weighted by Gasteiger charge is -2.22. The predicted octanol–water partition coefficient (Wildman–Crippen LogP) is 1.11. The van der Waals surface area contributed by atoms with Crippen LogP contribution in [0.3, 0.4) is 0 Å². The second-order valence-electron chi connectivity index (χ2n) is 4.03. The largest absolute Gasteiger partial charge is 0.461 e. The van der Waals surface area contributed by atoms with Crippen LogP contribution in [0.15, 0.2) is 0 Å². The Bertz CT molecular complexity index is 397. The molecule has 2 rings (SSSR count). The molecule has 17 heavy (non-hydrogen) atoms. The Morgan fingerprint density at radius 3 is 2.88 bits per heavy atom. The summed E-state index contributed by atoms with van der Waals surface area (Å²) in [6, 6.07) is 0.277. The SMILES string of the molecule is CCOC(=O)c1nnn(C2CCOCC2)c1C. The molecule has 0 aliphatic carbocycles. The average molecular weight is 239 g/mol. The van der Waals surface area contributed by atoms with Gasteiger partial charge < -0.3 is 9.47 Å². The van der Waals surface area contributed by atoms with Gasteiger partial charge in [-0.05, 0) is 26.7 Å². The second-order valence-corrected chi connectivity index (χ2v) is 4.03. The lowest BCUT2D eigenvalue weighted by molar-refractivity contribution is 0.0518. The standard InChI is InChI=1S/C11H17N3O3/c1-3-17-11(15)10-8(2)14(13-12-10)9-4-6-16-7-5-9/h9H,3-7H2,1-2H3. The van der Waals surface area contributed by atoms with Crippen molar-refractivity contribution in [3.63, 3.8) is 0 Å². The number of ether oxygens (including phenoxy) is 2. The van der Waals surface area contributed by atoms with E-state index in [0.29, 0.717) is 12.3 Å². The van der Waals surface area contributed by atoms with Crippen LogP contribution in [0.4, 0.5) is 0 Å². The molecule has 0 N–H and O–H groups in total. The summed E-state index contributed by atoms with van der Waals surface area (Å²) in [4.78, 5) is 11.6. The van der Waals surface area contributed by atoms with E-state index >= 15 is 0 Å². The van der Waals surface area contributed by atoms with E-state index in [4.69, 9.17) is 9.47 Å². The molecule has 6 nitrogen and oxygen atoms in total. The lowest BCUT2D eigenvalue weighted by Crippen LogP contribution is -2.21. The zero-order valence-corrected chi connectivity index (χ0v) is 10.2. The molecule has 0 radical (unpaired) electrons. The van der Waals surface area contributed by atoms with Crippen LogP contribution >= 0.6 is 0 Å². The number of rotatable bonds is 3. The van der Waals surface area contributed by atoms with Gasteiger partial charge in [-0.15, -0.1) is 5.10 Å². The molecule has 0 amide bonds. The number of carbonyl (C=O) groups excluding carboxylic acids is 1. The molecule has 2 heterocycles. The fraction of sp³-hybridized carbons (Fsp3) is 0.727. The van der Waals surface area contributed by atoms with Crippen LogP contribution in [-0.4, -0.2) is 40.8 Å². The highest BCUT2D eigenvalue weighted by molar-refractivity contribution is 5.88.